The van der Waals surface area contributed by atoms with Gasteiger partial charge < -0.3 is 15.4 Å². The SMILES string of the molecule is I.c1ccc2c(c1)OCCC2CNC1=NCCCN1. The maximum absolute atomic E-state index is 5.67. The lowest BCUT2D eigenvalue weighted by molar-refractivity contribution is 0.267. The van der Waals surface area contributed by atoms with Gasteiger partial charge in [-0.1, -0.05) is 18.2 Å². The Balaban J connectivity index is 0.00000133. The zero-order valence-electron chi connectivity index (χ0n) is 10.9. The average molecular weight is 373 g/mol. The quantitative estimate of drug-likeness (QED) is 0.781. The highest BCUT2D eigenvalue weighted by molar-refractivity contribution is 14.0. The van der Waals surface area contributed by atoms with Crippen molar-refractivity contribution in [1.29, 1.82) is 0 Å². The zero-order valence-corrected chi connectivity index (χ0v) is 13.2. The molecule has 0 aromatic heterocycles. The Kier molecular flexibility index (Phi) is 5.30. The number of guanidine groups is 1. The number of benzene rings is 1. The fraction of sp³-hybridized carbons (Fsp3) is 0.500. The summed E-state index contributed by atoms with van der Waals surface area (Å²) in [5.74, 6) is 2.50. The van der Waals surface area contributed by atoms with Crippen molar-refractivity contribution in [3.8, 4) is 5.75 Å². The van der Waals surface area contributed by atoms with Crippen molar-refractivity contribution in [2.24, 2.45) is 4.99 Å². The minimum absolute atomic E-state index is 0. The fourth-order valence-corrected chi connectivity index (χ4v) is 2.50. The van der Waals surface area contributed by atoms with Gasteiger partial charge in [0.15, 0.2) is 5.96 Å². The summed E-state index contributed by atoms with van der Waals surface area (Å²) in [7, 11) is 0. The number of para-hydroxylation sites is 1. The van der Waals surface area contributed by atoms with Crippen LogP contribution in [-0.2, 0) is 0 Å². The maximum atomic E-state index is 5.67. The molecule has 19 heavy (non-hydrogen) atoms. The molecule has 5 heteroatoms. The molecule has 0 saturated carbocycles. The monoisotopic (exact) mass is 373 g/mol. The van der Waals surface area contributed by atoms with E-state index in [-0.39, 0.29) is 24.0 Å². The van der Waals surface area contributed by atoms with Gasteiger partial charge in [-0.05, 0) is 24.5 Å². The van der Waals surface area contributed by atoms with Crippen LogP contribution in [0.4, 0.5) is 0 Å². The number of aliphatic imine (C=N–C) groups is 1. The normalized spacial score (nSPS) is 21.1. The molecule has 1 aromatic carbocycles. The molecule has 0 amide bonds. The van der Waals surface area contributed by atoms with E-state index < -0.39 is 0 Å². The number of hydrogen-bond donors (Lipinski definition) is 2. The Morgan fingerprint density at radius 3 is 3.11 bits per heavy atom. The molecular weight excluding hydrogens is 353 g/mol. The lowest BCUT2D eigenvalue weighted by atomic mass is 9.93. The molecule has 0 spiro atoms. The van der Waals surface area contributed by atoms with Gasteiger partial charge in [0, 0.05) is 25.6 Å². The molecule has 0 bridgehead atoms. The third-order valence-electron chi connectivity index (χ3n) is 3.50. The number of fused-ring (bicyclic) bond motifs is 1. The van der Waals surface area contributed by atoms with Crippen molar-refractivity contribution < 1.29 is 4.74 Å². The van der Waals surface area contributed by atoms with Gasteiger partial charge >= 0.3 is 0 Å². The van der Waals surface area contributed by atoms with Crippen LogP contribution in [0.2, 0.25) is 0 Å². The number of halogens is 1. The second-order valence-electron chi connectivity index (χ2n) is 4.76. The predicted molar refractivity (Wildman–Crippen MR) is 87.6 cm³/mol. The highest BCUT2D eigenvalue weighted by atomic mass is 127. The number of rotatable bonds is 2. The van der Waals surface area contributed by atoms with Gasteiger partial charge in [-0.25, -0.2) is 0 Å². The molecule has 1 atom stereocenters. The summed E-state index contributed by atoms with van der Waals surface area (Å²) in [5, 5.41) is 6.71. The molecule has 104 valence electrons. The van der Waals surface area contributed by atoms with E-state index in [2.05, 4.69) is 33.8 Å². The Hall–Kier alpha value is -0.980. The first kappa shape index (κ1) is 14.4. The third-order valence-corrected chi connectivity index (χ3v) is 3.50. The van der Waals surface area contributed by atoms with Gasteiger partial charge in [0.1, 0.15) is 5.75 Å². The molecule has 0 fully saturated rings. The zero-order chi connectivity index (χ0) is 12.2. The van der Waals surface area contributed by atoms with Gasteiger partial charge in [0.25, 0.3) is 0 Å². The Morgan fingerprint density at radius 1 is 1.37 bits per heavy atom. The van der Waals surface area contributed by atoms with E-state index in [0.717, 1.165) is 50.8 Å². The largest absolute Gasteiger partial charge is 0.493 e. The molecule has 2 aliphatic heterocycles. The summed E-state index contributed by atoms with van der Waals surface area (Å²) in [5.41, 5.74) is 1.31. The first-order valence-corrected chi connectivity index (χ1v) is 6.67. The fourth-order valence-electron chi connectivity index (χ4n) is 2.50. The van der Waals surface area contributed by atoms with Gasteiger partial charge in [0.2, 0.25) is 0 Å². The number of ether oxygens (including phenoxy) is 1. The summed E-state index contributed by atoms with van der Waals surface area (Å²) in [6.45, 7) is 3.69. The number of hydrogen-bond acceptors (Lipinski definition) is 4. The van der Waals surface area contributed by atoms with E-state index in [1.165, 1.54) is 5.56 Å². The Morgan fingerprint density at radius 2 is 2.26 bits per heavy atom. The van der Waals surface area contributed by atoms with Crippen LogP contribution in [0, 0.1) is 0 Å². The summed E-state index contributed by atoms with van der Waals surface area (Å²) in [4.78, 5) is 4.43. The van der Waals surface area contributed by atoms with Crippen molar-refractivity contribution in [3.63, 3.8) is 0 Å². The van der Waals surface area contributed by atoms with Crippen molar-refractivity contribution >= 4 is 29.9 Å². The molecular formula is C14H20IN3O. The molecule has 0 aliphatic carbocycles. The molecule has 0 radical (unpaired) electrons. The van der Waals surface area contributed by atoms with Gasteiger partial charge in [0.05, 0.1) is 6.61 Å². The van der Waals surface area contributed by atoms with E-state index in [9.17, 15) is 0 Å². The van der Waals surface area contributed by atoms with Gasteiger partial charge in [-0.15, -0.1) is 24.0 Å². The van der Waals surface area contributed by atoms with Crippen LogP contribution < -0.4 is 15.4 Å². The standard InChI is InChI=1S/C14H19N3O.HI/c1-2-5-13-12(4-1)11(6-9-18-13)10-17-14-15-7-3-8-16-14;/h1-2,4-5,11H,3,6-10H2,(H2,15,16,17);1H. The van der Waals surface area contributed by atoms with Crippen LogP contribution in [0.1, 0.15) is 24.3 Å². The summed E-state index contributed by atoms with van der Waals surface area (Å²) in [6.07, 6.45) is 2.20. The molecule has 0 saturated heterocycles. The van der Waals surface area contributed by atoms with Crippen LogP contribution in [0.15, 0.2) is 29.3 Å². The first-order valence-electron chi connectivity index (χ1n) is 6.67. The maximum Gasteiger partial charge on any atom is 0.191 e. The molecule has 2 aliphatic rings. The van der Waals surface area contributed by atoms with E-state index >= 15 is 0 Å². The van der Waals surface area contributed by atoms with E-state index in [1.54, 1.807) is 0 Å². The predicted octanol–water partition coefficient (Wildman–Crippen LogP) is 2.11. The van der Waals surface area contributed by atoms with Crippen molar-refractivity contribution in [3.05, 3.63) is 29.8 Å². The van der Waals surface area contributed by atoms with Gasteiger partial charge in [-0.2, -0.15) is 0 Å². The lowest BCUT2D eigenvalue weighted by Gasteiger charge is -2.27. The smallest absolute Gasteiger partial charge is 0.191 e. The van der Waals surface area contributed by atoms with Crippen molar-refractivity contribution in [1.82, 2.24) is 10.6 Å². The van der Waals surface area contributed by atoms with Crippen LogP contribution in [0.5, 0.6) is 5.75 Å². The minimum Gasteiger partial charge on any atom is -0.493 e. The van der Waals surface area contributed by atoms with Gasteiger partial charge in [-0.3, -0.25) is 4.99 Å². The third kappa shape index (κ3) is 3.52. The number of nitrogens with one attached hydrogen (secondary N) is 2. The molecule has 1 unspecified atom stereocenters. The van der Waals surface area contributed by atoms with E-state index in [0.29, 0.717) is 5.92 Å². The molecule has 2 heterocycles. The minimum atomic E-state index is 0. The molecule has 4 nitrogen and oxygen atoms in total. The Bertz CT molecular complexity index is 450. The summed E-state index contributed by atoms with van der Waals surface area (Å²) >= 11 is 0. The highest BCUT2D eigenvalue weighted by Crippen LogP contribution is 2.32. The van der Waals surface area contributed by atoms with E-state index in [1.807, 2.05) is 6.07 Å². The van der Waals surface area contributed by atoms with Crippen LogP contribution in [0.3, 0.4) is 0 Å². The summed E-state index contributed by atoms with van der Waals surface area (Å²) < 4.78 is 5.67. The first-order chi connectivity index (χ1) is 8.93. The van der Waals surface area contributed by atoms with E-state index in [4.69, 9.17) is 4.74 Å². The second kappa shape index (κ2) is 6.98. The van der Waals surface area contributed by atoms with Crippen molar-refractivity contribution in [2.75, 3.05) is 26.2 Å². The van der Waals surface area contributed by atoms with Crippen LogP contribution in [-0.4, -0.2) is 32.2 Å². The Labute approximate surface area is 131 Å². The lowest BCUT2D eigenvalue weighted by Crippen LogP contribution is -2.42. The average Bonchev–Trinajstić information content (AvgIpc) is 2.46. The molecule has 3 rings (SSSR count). The second-order valence-corrected chi connectivity index (χ2v) is 4.76. The van der Waals surface area contributed by atoms with Crippen LogP contribution >= 0.6 is 24.0 Å². The highest BCUT2D eigenvalue weighted by Gasteiger charge is 2.21. The van der Waals surface area contributed by atoms with Crippen molar-refractivity contribution in [2.45, 2.75) is 18.8 Å². The molecule has 2 N–H and O–H groups in total. The van der Waals surface area contributed by atoms with Crippen LogP contribution in [0.25, 0.3) is 0 Å². The number of nitrogens with zero attached hydrogens (tertiary/aromatic N) is 1. The molecule has 1 aromatic rings. The topological polar surface area (TPSA) is 45.6 Å². The summed E-state index contributed by atoms with van der Waals surface area (Å²) in [6, 6.07) is 8.33.